The van der Waals surface area contributed by atoms with Gasteiger partial charge in [-0.3, -0.25) is 0 Å². The molecule has 0 aliphatic heterocycles. The monoisotopic (exact) mass is 228 g/mol. The molecule has 0 spiro atoms. The second kappa shape index (κ2) is 6.93. The van der Waals surface area contributed by atoms with Gasteiger partial charge in [0.2, 0.25) is 0 Å². The fourth-order valence-corrected chi connectivity index (χ4v) is 2.35. The number of ether oxygens (including phenoxy) is 1. The molecule has 0 aliphatic rings. The van der Waals surface area contributed by atoms with Gasteiger partial charge in [-0.25, -0.2) is 4.98 Å². The minimum Gasteiger partial charge on any atom is -0.378 e. The number of rotatable bonds is 7. The molecule has 3 nitrogen and oxygen atoms in total. The number of methoxy groups -OCH3 is 1. The Morgan fingerprint density at radius 3 is 2.93 bits per heavy atom. The Morgan fingerprint density at radius 2 is 2.27 bits per heavy atom. The summed E-state index contributed by atoms with van der Waals surface area (Å²) in [4.78, 5) is 5.78. The molecule has 0 saturated heterocycles. The molecular weight excluding hydrogens is 208 g/mol. The summed E-state index contributed by atoms with van der Waals surface area (Å²) in [5, 5.41) is 4.50. The largest absolute Gasteiger partial charge is 0.378 e. The number of hydrogen-bond donors (Lipinski definition) is 1. The average molecular weight is 228 g/mol. The van der Waals surface area contributed by atoms with Crippen LogP contribution in [0.3, 0.4) is 0 Å². The highest BCUT2D eigenvalue weighted by atomic mass is 32.1. The minimum atomic E-state index is 0.625. The number of hydrogen-bond acceptors (Lipinski definition) is 4. The Kier molecular flexibility index (Phi) is 5.83. The van der Waals surface area contributed by atoms with Gasteiger partial charge < -0.3 is 10.1 Å². The van der Waals surface area contributed by atoms with Crippen LogP contribution in [-0.4, -0.2) is 18.6 Å². The molecule has 15 heavy (non-hydrogen) atoms. The van der Waals surface area contributed by atoms with E-state index in [1.165, 1.54) is 17.7 Å². The summed E-state index contributed by atoms with van der Waals surface area (Å²) in [5.41, 5.74) is 1.14. The molecule has 0 unspecified atom stereocenters. The van der Waals surface area contributed by atoms with Gasteiger partial charge in [0.05, 0.1) is 12.3 Å². The van der Waals surface area contributed by atoms with Gasteiger partial charge in [0.25, 0.3) is 0 Å². The molecule has 0 fully saturated rings. The summed E-state index contributed by atoms with van der Waals surface area (Å²) in [6.45, 7) is 6.92. The van der Waals surface area contributed by atoms with Gasteiger partial charge in [-0.15, -0.1) is 11.3 Å². The Hall–Kier alpha value is -0.450. The number of thiazole rings is 1. The number of aromatic nitrogens is 1. The number of unbranched alkanes of at least 4 members (excludes halogenated alkanes) is 1. The Labute approximate surface area is 95.9 Å². The highest BCUT2D eigenvalue weighted by Crippen LogP contribution is 2.18. The predicted octanol–water partition coefficient (Wildman–Crippen LogP) is 2.49. The molecule has 0 saturated carbocycles. The SMILES string of the molecule is CCCCNCc1sc(COC)nc1C. The Morgan fingerprint density at radius 1 is 1.47 bits per heavy atom. The van der Waals surface area contributed by atoms with Crippen molar-refractivity contribution in [1.29, 1.82) is 0 Å². The van der Waals surface area contributed by atoms with Crippen LogP contribution in [-0.2, 0) is 17.9 Å². The van der Waals surface area contributed by atoms with Crippen LogP contribution in [0, 0.1) is 6.92 Å². The third kappa shape index (κ3) is 4.28. The molecule has 0 aliphatic carbocycles. The molecule has 86 valence electrons. The van der Waals surface area contributed by atoms with E-state index in [0.717, 1.165) is 23.8 Å². The van der Waals surface area contributed by atoms with Gasteiger partial charge >= 0.3 is 0 Å². The third-order valence-corrected chi connectivity index (χ3v) is 3.33. The van der Waals surface area contributed by atoms with Gasteiger partial charge in [-0.05, 0) is 19.9 Å². The van der Waals surface area contributed by atoms with Gasteiger partial charge in [0, 0.05) is 18.5 Å². The number of nitrogens with zero attached hydrogens (tertiary/aromatic N) is 1. The van der Waals surface area contributed by atoms with Crippen molar-refractivity contribution in [2.24, 2.45) is 0 Å². The van der Waals surface area contributed by atoms with E-state index in [4.69, 9.17) is 4.74 Å². The zero-order valence-electron chi connectivity index (χ0n) is 9.80. The topological polar surface area (TPSA) is 34.1 Å². The summed E-state index contributed by atoms with van der Waals surface area (Å²) in [5.74, 6) is 0. The van der Waals surface area contributed by atoms with E-state index < -0.39 is 0 Å². The normalized spacial score (nSPS) is 10.9. The highest BCUT2D eigenvalue weighted by molar-refractivity contribution is 7.11. The summed E-state index contributed by atoms with van der Waals surface area (Å²) < 4.78 is 5.07. The first-order valence-corrected chi connectivity index (χ1v) is 6.24. The maximum atomic E-state index is 5.07. The van der Waals surface area contributed by atoms with Crippen molar-refractivity contribution in [3.05, 3.63) is 15.6 Å². The van der Waals surface area contributed by atoms with E-state index in [2.05, 4.69) is 24.1 Å². The van der Waals surface area contributed by atoms with E-state index in [0.29, 0.717) is 6.61 Å². The maximum Gasteiger partial charge on any atom is 0.119 e. The van der Waals surface area contributed by atoms with Crippen LogP contribution in [0.1, 0.15) is 35.3 Å². The van der Waals surface area contributed by atoms with Gasteiger partial charge in [-0.2, -0.15) is 0 Å². The first kappa shape index (κ1) is 12.6. The lowest BCUT2D eigenvalue weighted by Crippen LogP contribution is -2.14. The van der Waals surface area contributed by atoms with E-state index in [1.807, 2.05) is 0 Å². The minimum absolute atomic E-state index is 0.625. The van der Waals surface area contributed by atoms with Gasteiger partial charge in [0.1, 0.15) is 5.01 Å². The Bertz CT molecular complexity index is 286. The zero-order valence-corrected chi connectivity index (χ0v) is 10.6. The second-order valence-electron chi connectivity index (χ2n) is 3.58. The molecule has 1 rings (SSSR count). The molecule has 0 atom stereocenters. The average Bonchev–Trinajstić information content (AvgIpc) is 2.55. The second-order valence-corrected chi connectivity index (χ2v) is 4.75. The standard InChI is InChI=1S/C11H20N2OS/c1-4-5-6-12-7-10-9(2)13-11(15-10)8-14-3/h12H,4-8H2,1-3H3. The molecule has 0 bridgehead atoms. The van der Waals surface area contributed by atoms with Crippen molar-refractivity contribution in [1.82, 2.24) is 10.3 Å². The van der Waals surface area contributed by atoms with E-state index in [-0.39, 0.29) is 0 Å². The highest BCUT2D eigenvalue weighted by Gasteiger charge is 2.06. The number of aryl methyl sites for hydroxylation is 1. The quantitative estimate of drug-likeness (QED) is 0.728. The molecule has 1 aromatic heterocycles. The van der Waals surface area contributed by atoms with E-state index in [9.17, 15) is 0 Å². The fourth-order valence-electron chi connectivity index (χ4n) is 1.34. The smallest absolute Gasteiger partial charge is 0.119 e. The van der Waals surface area contributed by atoms with E-state index in [1.54, 1.807) is 18.4 Å². The van der Waals surface area contributed by atoms with Crippen LogP contribution in [0.4, 0.5) is 0 Å². The molecule has 0 amide bonds. The Balaban J connectivity index is 2.39. The zero-order chi connectivity index (χ0) is 11.1. The van der Waals surface area contributed by atoms with Crippen LogP contribution < -0.4 is 5.32 Å². The fraction of sp³-hybridized carbons (Fsp3) is 0.727. The molecular formula is C11H20N2OS. The van der Waals surface area contributed by atoms with Crippen molar-refractivity contribution >= 4 is 11.3 Å². The molecule has 0 radical (unpaired) electrons. The molecule has 0 aromatic carbocycles. The lowest BCUT2D eigenvalue weighted by Gasteiger charge is -2.01. The van der Waals surface area contributed by atoms with Gasteiger partial charge in [0.15, 0.2) is 0 Å². The summed E-state index contributed by atoms with van der Waals surface area (Å²) >= 11 is 1.74. The summed E-state index contributed by atoms with van der Waals surface area (Å²) in [6, 6.07) is 0. The van der Waals surface area contributed by atoms with Crippen LogP contribution in [0.25, 0.3) is 0 Å². The van der Waals surface area contributed by atoms with Crippen LogP contribution in [0.5, 0.6) is 0 Å². The maximum absolute atomic E-state index is 5.07. The van der Waals surface area contributed by atoms with Crippen LogP contribution >= 0.6 is 11.3 Å². The van der Waals surface area contributed by atoms with Crippen molar-refractivity contribution in [3.63, 3.8) is 0 Å². The lowest BCUT2D eigenvalue weighted by atomic mass is 10.3. The van der Waals surface area contributed by atoms with E-state index >= 15 is 0 Å². The number of nitrogens with one attached hydrogen (secondary N) is 1. The van der Waals surface area contributed by atoms with Crippen LogP contribution in [0.2, 0.25) is 0 Å². The van der Waals surface area contributed by atoms with Crippen molar-refractivity contribution in [3.8, 4) is 0 Å². The predicted molar refractivity (Wildman–Crippen MR) is 64.2 cm³/mol. The molecule has 1 N–H and O–H groups in total. The molecule has 1 heterocycles. The summed E-state index contributed by atoms with van der Waals surface area (Å²) in [6.07, 6.45) is 2.48. The lowest BCUT2D eigenvalue weighted by molar-refractivity contribution is 0.184. The van der Waals surface area contributed by atoms with Crippen molar-refractivity contribution in [2.45, 2.75) is 39.8 Å². The molecule has 1 aromatic rings. The molecule has 4 heteroatoms. The van der Waals surface area contributed by atoms with Crippen molar-refractivity contribution < 1.29 is 4.74 Å². The van der Waals surface area contributed by atoms with Crippen LogP contribution in [0.15, 0.2) is 0 Å². The van der Waals surface area contributed by atoms with Gasteiger partial charge in [-0.1, -0.05) is 13.3 Å². The first-order valence-electron chi connectivity index (χ1n) is 5.42. The third-order valence-electron chi connectivity index (χ3n) is 2.20. The first-order chi connectivity index (χ1) is 7.27. The summed E-state index contributed by atoms with van der Waals surface area (Å²) in [7, 11) is 1.70. The van der Waals surface area contributed by atoms with Crippen molar-refractivity contribution in [2.75, 3.05) is 13.7 Å².